The van der Waals surface area contributed by atoms with Crippen molar-refractivity contribution in [1.29, 1.82) is 0 Å². The van der Waals surface area contributed by atoms with Crippen LogP contribution in [0.15, 0.2) is 48.9 Å². The average Bonchev–Trinajstić information content (AvgIpc) is 3.31. The molecular formula is C25H25Cl2N7O. The van der Waals surface area contributed by atoms with E-state index < -0.39 is 6.23 Å². The molecule has 35 heavy (non-hydrogen) atoms. The van der Waals surface area contributed by atoms with Crippen LogP contribution in [0.25, 0.3) is 17.1 Å². The molecule has 1 aliphatic heterocycles. The maximum absolute atomic E-state index is 10.7. The molecule has 0 aliphatic carbocycles. The number of aliphatic hydroxyl groups is 1. The summed E-state index contributed by atoms with van der Waals surface area (Å²) in [6.07, 6.45) is 4.78. The van der Waals surface area contributed by atoms with E-state index in [9.17, 15) is 5.11 Å². The third-order valence-corrected chi connectivity index (χ3v) is 6.84. The van der Waals surface area contributed by atoms with Gasteiger partial charge < -0.3 is 21.1 Å². The van der Waals surface area contributed by atoms with Gasteiger partial charge in [-0.15, -0.1) is 0 Å². The van der Waals surface area contributed by atoms with Crippen molar-refractivity contribution in [2.75, 3.05) is 24.6 Å². The summed E-state index contributed by atoms with van der Waals surface area (Å²) in [6, 6.07) is 9.43. The summed E-state index contributed by atoms with van der Waals surface area (Å²) < 4.78 is 1.50. The number of aromatic nitrogens is 4. The molecule has 0 saturated carbocycles. The van der Waals surface area contributed by atoms with E-state index in [1.54, 1.807) is 30.6 Å². The normalized spacial score (nSPS) is 14.5. The Morgan fingerprint density at radius 1 is 1.17 bits per heavy atom. The highest BCUT2D eigenvalue weighted by atomic mass is 35.5. The first kappa shape index (κ1) is 23.6. The number of anilines is 2. The van der Waals surface area contributed by atoms with E-state index in [0.717, 1.165) is 25.1 Å². The molecule has 1 aliphatic rings. The lowest BCUT2D eigenvalue weighted by Crippen LogP contribution is -2.27. The van der Waals surface area contributed by atoms with Gasteiger partial charge in [-0.2, -0.15) is 5.10 Å². The largest absolute Gasteiger partial charge is 0.381 e. The van der Waals surface area contributed by atoms with Gasteiger partial charge in [0.1, 0.15) is 0 Å². The highest BCUT2D eigenvalue weighted by molar-refractivity contribution is 6.39. The Kier molecular flexibility index (Phi) is 6.37. The fourth-order valence-electron chi connectivity index (χ4n) is 4.36. The highest BCUT2D eigenvalue weighted by Gasteiger charge is 2.19. The number of hydrogen-bond acceptors (Lipinski definition) is 7. The second kappa shape index (κ2) is 9.47. The number of benzene rings is 2. The molecule has 0 radical (unpaired) electrons. The number of nitrogens with zero attached hydrogens (tertiary/aromatic N) is 5. The van der Waals surface area contributed by atoms with Crippen molar-refractivity contribution in [3.8, 4) is 17.1 Å². The zero-order valence-electron chi connectivity index (χ0n) is 19.3. The van der Waals surface area contributed by atoms with Crippen LogP contribution in [0, 0.1) is 6.92 Å². The van der Waals surface area contributed by atoms with Crippen molar-refractivity contribution in [2.45, 2.75) is 26.1 Å². The molecule has 4 N–H and O–H groups in total. The van der Waals surface area contributed by atoms with Crippen LogP contribution in [-0.4, -0.2) is 43.3 Å². The monoisotopic (exact) mass is 509 g/mol. The van der Waals surface area contributed by atoms with Crippen molar-refractivity contribution in [3.63, 3.8) is 0 Å². The Bertz CT molecular complexity index is 1380. The van der Waals surface area contributed by atoms with E-state index in [1.807, 2.05) is 0 Å². The summed E-state index contributed by atoms with van der Waals surface area (Å²) in [6.45, 7) is 4.10. The van der Waals surface area contributed by atoms with Crippen LogP contribution in [0.4, 0.5) is 11.5 Å². The lowest BCUT2D eigenvalue weighted by atomic mass is 9.92. The second-order valence-corrected chi connectivity index (χ2v) is 9.56. The molecule has 8 nitrogen and oxygen atoms in total. The minimum absolute atomic E-state index is 0.231. The summed E-state index contributed by atoms with van der Waals surface area (Å²) in [4.78, 5) is 11.4. The summed E-state index contributed by atoms with van der Waals surface area (Å²) in [5.41, 5.74) is 12.7. The molecule has 5 rings (SSSR count). The van der Waals surface area contributed by atoms with Crippen molar-refractivity contribution >= 4 is 34.7 Å². The van der Waals surface area contributed by atoms with Crippen LogP contribution < -0.4 is 11.1 Å². The number of nitrogen functional groups attached to an aromatic ring is 1. The van der Waals surface area contributed by atoms with Crippen molar-refractivity contribution in [3.05, 3.63) is 81.2 Å². The molecule has 0 saturated heterocycles. The fraction of sp³-hybridized carbons (Fsp3) is 0.240. The first-order valence-electron chi connectivity index (χ1n) is 11.2. The van der Waals surface area contributed by atoms with Gasteiger partial charge in [-0.25, -0.2) is 14.6 Å². The smallest absolute Gasteiger partial charge is 0.196 e. The molecule has 1 unspecified atom stereocenters. The van der Waals surface area contributed by atoms with Crippen molar-refractivity contribution < 1.29 is 5.11 Å². The van der Waals surface area contributed by atoms with E-state index >= 15 is 0 Å². The Balaban J connectivity index is 1.44. The standard InChI is InChI=1S/C25H25Cl2N7O/c1-14-8-15(9-16-12-33(2)7-6-18(14)16)21-11-29-23(28)24(31-21)34-13-17(10-30-34)25(35)32-22-19(26)4-3-5-20(22)27/h3-5,8-11,13,25,32,35H,6-7,12H2,1-2H3,(H2,28,29). The predicted molar refractivity (Wildman–Crippen MR) is 139 cm³/mol. The van der Waals surface area contributed by atoms with Gasteiger partial charge in [0.15, 0.2) is 17.9 Å². The fourth-order valence-corrected chi connectivity index (χ4v) is 4.86. The molecule has 0 fully saturated rings. The minimum Gasteiger partial charge on any atom is -0.381 e. The molecule has 0 amide bonds. The number of nitrogens with one attached hydrogen (secondary N) is 1. The summed E-state index contributed by atoms with van der Waals surface area (Å²) in [5, 5.41) is 18.8. The average molecular weight is 510 g/mol. The lowest BCUT2D eigenvalue weighted by Gasteiger charge is -2.27. The number of aryl methyl sites for hydroxylation is 1. The van der Waals surface area contributed by atoms with Crippen molar-refractivity contribution in [2.24, 2.45) is 0 Å². The number of nitrogens with two attached hydrogens (primary N) is 1. The van der Waals surface area contributed by atoms with Gasteiger partial charge >= 0.3 is 0 Å². The Labute approximate surface area is 213 Å². The van der Waals surface area contributed by atoms with Crippen LogP contribution in [0.3, 0.4) is 0 Å². The quantitative estimate of drug-likeness (QED) is 0.337. The zero-order valence-corrected chi connectivity index (χ0v) is 20.8. The third kappa shape index (κ3) is 4.70. The van der Waals surface area contributed by atoms with Gasteiger partial charge in [0.25, 0.3) is 0 Å². The number of fused-ring (bicyclic) bond motifs is 1. The van der Waals surface area contributed by atoms with Crippen LogP contribution in [0.5, 0.6) is 0 Å². The summed E-state index contributed by atoms with van der Waals surface area (Å²) in [5.74, 6) is 0.610. The number of likely N-dealkylation sites (N-methyl/N-ethyl adjacent to an activating group) is 1. The van der Waals surface area contributed by atoms with Crippen LogP contribution in [0.1, 0.15) is 28.5 Å². The SMILES string of the molecule is Cc1cc(-c2cnc(N)c(-n3cc(C(O)Nc4c(Cl)cccc4Cl)cn3)n2)cc2c1CCN(C)C2. The van der Waals surface area contributed by atoms with Gasteiger partial charge in [-0.1, -0.05) is 29.3 Å². The molecule has 4 aromatic rings. The minimum atomic E-state index is -1.10. The highest BCUT2D eigenvalue weighted by Crippen LogP contribution is 2.33. The number of aliphatic hydroxyl groups excluding tert-OH is 1. The Morgan fingerprint density at radius 2 is 1.94 bits per heavy atom. The van der Waals surface area contributed by atoms with Gasteiger partial charge in [-0.3, -0.25) is 0 Å². The van der Waals surface area contributed by atoms with E-state index in [-0.39, 0.29) is 5.82 Å². The molecule has 180 valence electrons. The first-order valence-corrected chi connectivity index (χ1v) is 11.9. The maximum Gasteiger partial charge on any atom is 0.196 e. The Morgan fingerprint density at radius 3 is 2.71 bits per heavy atom. The molecule has 2 aromatic carbocycles. The van der Waals surface area contributed by atoms with Crippen LogP contribution in [-0.2, 0) is 13.0 Å². The van der Waals surface area contributed by atoms with Gasteiger partial charge in [0.05, 0.1) is 33.8 Å². The number of halogens is 2. The maximum atomic E-state index is 10.7. The van der Waals surface area contributed by atoms with Crippen LogP contribution in [0.2, 0.25) is 10.0 Å². The molecule has 0 bridgehead atoms. The summed E-state index contributed by atoms with van der Waals surface area (Å²) in [7, 11) is 2.13. The Hall–Kier alpha value is -3.17. The number of hydrogen-bond donors (Lipinski definition) is 3. The van der Waals surface area contributed by atoms with Crippen LogP contribution >= 0.6 is 23.2 Å². The predicted octanol–water partition coefficient (Wildman–Crippen LogP) is 4.62. The van der Waals surface area contributed by atoms with Gasteiger partial charge in [0.2, 0.25) is 0 Å². The zero-order chi connectivity index (χ0) is 24.7. The number of rotatable bonds is 5. The molecule has 2 aromatic heterocycles. The molecule has 0 spiro atoms. The molecule has 10 heteroatoms. The van der Waals surface area contributed by atoms with Crippen molar-refractivity contribution in [1.82, 2.24) is 24.6 Å². The van der Waals surface area contributed by atoms with E-state index in [0.29, 0.717) is 32.8 Å². The third-order valence-electron chi connectivity index (χ3n) is 6.21. The lowest BCUT2D eigenvalue weighted by molar-refractivity contribution is 0.208. The van der Waals surface area contributed by atoms with E-state index in [1.165, 1.54) is 27.6 Å². The van der Waals surface area contributed by atoms with Gasteiger partial charge in [0, 0.05) is 30.4 Å². The summed E-state index contributed by atoms with van der Waals surface area (Å²) >= 11 is 12.4. The molecule has 1 atom stereocenters. The van der Waals surface area contributed by atoms with Gasteiger partial charge in [-0.05, 0) is 61.3 Å². The topological polar surface area (TPSA) is 105 Å². The first-order chi connectivity index (χ1) is 16.8. The molecule has 3 heterocycles. The van der Waals surface area contributed by atoms with E-state index in [4.69, 9.17) is 33.9 Å². The molecular weight excluding hydrogens is 485 g/mol. The number of para-hydroxylation sites is 1. The van der Waals surface area contributed by atoms with E-state index in [2.05, 4.69) is 46.4 Å². The second-order valence-electron chi connectivity index (χ2n) is 8.74.